The zero-order valence-corrected chi connectivity index (χ0v) is 12.0. The molecule has 1 saturated heterocycles. The van der Waals surface area contributed by atoms with Crippen LogP contribution in [0.5, 0.6) is 0 Å². The minimum Gasteiger partial charge on any atom is -0.481 e. The van der Waals surface area contributed by atoms with Gasteiger partial charge in [0.15, 0.2) is 5.82 Å². The smallest absolute Gasteiger partial charge is 0.311 e. The van der Waals surface area contributed by atoms with Crippen LogP contribution in [-0.4, -0.2) is 49.3 Å². The third-order valence-corrected chi connectivity index (χ3v) is 4.73. The molecule has 0 spiro atoms. The molecule has 1 aromatic rings. The minimum absolute atomic E-state index is 0.129. The van der Waals surface area contributed by atoms with Crippen LogP contribution in [0.2, 0.25) is 0 Å². The average molecular weight is 279 g/mol. The third kappa shape index (κ3) is 2.19. The molecule has 0 bridgehead atoms. The molecule has 1 atom stereocenters. The SMILES string of the molecule is CC(C)C1(C(=O)O)CCN(Cc2nnnn2C2CC2)C1. The van der Waals surface area contributed by atoms with Crippen LogP contribution < -0.4 is 0 Å². The van der Waals surface area contributed by atoms with E-state index in [2.05, 4.69) is 20.4 Å². The number of likely N-dealkylation sites (tertiary alicyclic amines) is 1. The highest BCUT2D eigenvalue weighted by Gasteiger charge is 2.47. The second-order valence-electron chi connectivity index (χ2n) is 6.35. The van der Waals surface area contributed by atoms with Crippen LogP contribution >= 0.6 is 0 Å². The summed E-state index contributed by atoms with van der Waals surface area (Å²) in [5.74, 6) is 0.304. The van der Waals surface area contributed by atoms with E-state index in [1.54, 1.807) is 0 Å². The molecule has 3 rings (SSSR count). The standard InChI is InChI=1S/C13H21N5O2/c1-9(2)13(12(19)20)5-6-17(8-13)7-11-14-15-16-18(11)10-3-4-10/h9-10H,3-8H2,1-2H3,(H,19,20). The first-order valence-corrected chi connectivity index (χ1v) is 7.25. The van der Waals surface area contributed by atoms with Gasteiger partial charge in [-0.15, -0.1) is 5.10 Å². The molecular weight excluding hydrogens is 258 g/mol. The van der Waals surface area contributed by atoms with Gasteiger partial charge in [0.25, 0.3) is 0 Å². The van der Waals surface area contributed by atoms with Crippen molar-refractivity contribution in [1.82, 2.24) is 25.1 Å². The number of carbonyl (C=O) groups is 1. The predicted octanol–water partition coefficient (Wildman–Crippen LogP) is 0.941. The van der Waals surface area contributed by atoms with Crippen molar-refractivity contribution in [3.8, 4) is 0 Å². The first-order chi connectivity index (χ1) is 9.53. The summed E-state index contributed by atoms with van der Waals surface area (Å²) in [7, 11) is 0. The summed E-state index contributed by atoms with van der Waals surface area (Å²) in [6.07, 6.45) is 2.98. The van der Waals surface area contributed by atoms with Crippen molar-refractivity contribution >= 4 is 5.97 Å². The van der Waals surface area contributed by atoms with E-state index in [0.717, 1.165) is 25.2 Å². The maximum Gasteiger partial charge on any atom is 0.311 e. The lowest BCUT2D eigenvalue weighted by atomic mass is 9.76. The Labute approximate surface area is 117 Å². The monoisotopic (exact) mass is 279 g/mol. The van der Waals surface area contributed by atoms with E-state index in [1.165, 1.54) is 0 Å². The second-order valence-corrected chi connectivity index (χ2v) is 6.35. The summed E-state index contributed by atoms with van der Waals surface area (Å²) in [5, 5.41) is 21.4. The highest BCUT2D eigenvalue weighted by Crippen LogP contribution is 2.39. The first-order valence-electron chi connectivity index (χ1n) is 7.25. The minimum atomic E-state index is -0.684. The van der Waals surface area contributed by atoms with Crippen LogP contribution in [0.15, 0.2) is 0 Å². The van der Waals surface area contributed by atoms with E-state index >= 15 is 0 Å². The number of nitrogens with zero attached hydrogens (tertiary/aromatic N) is 5. The zero-order valence-electron chi connectivity index (χ0n) is 12.0. The average Bonchev–Trinajstić information content (AvgIpc) is 2.97. The van der Waals surface area contributed by atoms with Gasteiger partial charge >= 0.3 is 5.97 Å². The lowest BCUT2D eigenvalue weighted by molar-refractivity contribution is -0.151. The molecule has 1 aliphatic heterocycles. The normalized spacial score (nSPS) is 27.4. The van der Waals surface area contributed by atoms with E-state index in [0.29, 0.717) is 25.6 Å². The van der Waals surface area contributed by atoms with Crippen LogP contribution in [0.25, 0.3) is 0 Å². The molecule has 2 aliphatic rings. The highest BCUT2D eigenvalue weighted by atomic mass is 16.4. The van der Waals surface area contributed by atoms with Crippen molar-refractivity contribution in [1.29, 1.82) is 0 Å². The Balaban J connectivity index is 1.71. The van der Waals surface area contributed by atoms with E-state index in [9.17, 15) is 9.90 Å². The Morgan fingerprint density at radius 2 is 2.25 bits per heavy atom. The van der Waals surface area contributed by atoms with Gasteiger partial charge < -0.3 is 5.11 Å². The van der Waals surface area contributed by atoms with Gasteiger partial charge in [0.2, 0.25) is 0 Å². The van der Waals surface area contributed by atoms with E-state index in [1.807, 2.05) is 18.5 Å². The number of aliphatic carboxylic acids is 1. The highest BCUT2D eigenvalue weighted by molar-refractivity contribution is 5.75. The summed E-state index contributed by atoms with van der Waals surface area (Å²) >= 11 is 0. The van der Waals surface area contributed by atoms with Crippen LogP contribution in [0, 0.1) is 11.3 Å². The van der Waals surface area contributed by atoms with Gasteiger partial charge in [0.1, 0.15) is 0 Å². The lowest BCUT2D eigenvalue weighted by Crippen LogP contribution is -2.39. The van der Waals surface area contributed by atoms with Gasteiger partial charge in [-0.05, 0) is 42.2 Å². The van der Waals surface area contributed by atoms with Crippen LogP contribution in [-0.2, 0) is 11.3 Å². The summed E-state index contributed by atoms with van der Waals surface area (Å²) in [5.41, 5.74) is -0.627. The Morgan fingerprint density at radius 1 is 1.50 bits per heavy atom. The molecule has 0 amide bonds. The summed E-state index contributed by atoms with van der Waals surface area (Å²) < 4.78 is 1.90. The molecular formula is C13H21N5O2. The fourth-order valence-electron chi connectivity index (χ4n) is 3.06. The quantitative estimate of drug-likeness (QED) is 0.863. The van der Waals surface area contributed by atoms with E-state index in [-0.39, 0.29) is 5.92 Å². The van der Waals surface area contributed by atoms with Gasteiger partial charge in [-0.2, -0.15) is 0 Å². The number of tetrazole rings is 1. The summed E-state index contributed by atoms with van der Waals surface area (Å²) in [6.45, 7) is 6.00. The van der Waals surface area contributed by atoms with Crippen LogP contribution in [0.3, 0.4) is 0 Å². The topological polar surface area (TPSA) is 84.1 Å². The third-order valence-electron chi connectivity index (χ3n) is 4.73. The lowest BCUT2D eigenvalue weighted by Gasteiger charge is -2.28. The largest absolute Gasteiger partial charge is 0.481 e. The number of hydrogen-bond donors (Lipinski definition) is 1. The van der Waals surface area contributed by atoms with Gasteiger partial charge in [-0.25, -0.2) is 4.68 Å². The molecule has 1 unspecified atom stereocenters. The molecule has 0 aromatic carbocycles. The Bertz CT molecular complexity index is 511. The number of rotatable bonds is 5. The molecule has 2 fully saturated rings. The number of aromatic nitrogens is 4. The Kier molecular flexibility index (Phi) is 3.24. The molecule has 2 heterocycles. The molecule has 1 saturated carbocycles. The van der Waals surface area contributed by atoms with Gasteiger partial charge in [-0.1, -0.05) is 13.8 Å². The predicted molar refractivity (Wildman–Crippen MR) is 70.9 cm³/mol. The van der Waals surface area contributed by atoms with Gasteiger partial charge in [0.05, 0.1) is 18.0 Å². The molecule has 7 heteroatoms. The van der Waals surface area contributed by atoms with E-state index in [4.69, 9.17) is 0 Å². The zero-order chi connectivity index (χ0) is 14.3. The fourth-order valence-corrected chi connectivity index (χ4v) is 3.06. The molecule has 20 heavy (non-hydrogen) atoms. The molecule has 0 radical (unpaired) electrons. The number of hydrogen-bond acceptors (Lipinski definition) is 5. The van der Waals surface area contributed by atoms with Crippen molar-refractivity contribution in [2.45, 2.75) is 45.7 Å². The molecule has 1 aromatic heterocycles. The molecule has 1 aliphatic carbocycles. The Morgan fingerprint density at radius 3 is 2.80 bits per heavy atom. The molecule has 1 N–H and O–H groups in total. The maximum atomic E-state index is 11.6. The molecule has 110 valence electrons. The van der Waals surface area contributed by atoms with Gasteiger partial charge in [-0.3, -0.25) is 9.69 Å². The van der Waals surface area contributed by atoms with Crippen LogP contribution in [0.1, 0.15) is 45.0 Å². The van der Waals surface area contributed by atoms with Crippen molar-refractivity contribution < 1.29 is 9.90 Å². The number of carboxylic acids is 1. The Hall–Kier alpha value is -1.50. The first kappa shape index (κ1) is 13.5. The summed E-state index contributed by atoms with van der Waals surface area (Å²) in [6, 6.07) is 0.455. The van der Waals surface area contributed by atoms with Gasteiger partial charge in [0, 0.05) is 6.54 Å². The number of carboxylic acid groups (broad SMARTS) is 1. The van der Waals surface area contributed by atoms with Crippen molar-refractivity contribution in [3.63, 3.8) is 0 Å². The van der Waals surface area contributed by atoms with E-state index < -0.39 is 11.4 Å². The van der Waals surface area contributed by atoms with Crippen molar-refractivity contribution in [2.24, 2.45) is 11.3 Å². The summed E-state index contributed by atoms with van der Waals surface area (Å²) in [4.78, 5) is 13.8. The maximum absolute atomic E-state index is 11.6. The van der Waals surface area contributed by atoms with Crippen molar-refractivity contribution in [3.05, 3.63) is 5.82 Å². The van der Waals surface area contributed by atoms with Crippen LogP contribution in [0.4, 0.5) is 0 Å². The van der Waals surface area contributed by atoms with Crippen molar-refractivity contribution in [2.75, 3.05) is 13.1 Å². The second kappa shape index (κ2) is 4.80. The fraction of sp³-hybridized carbons (Fsp3) is 0.846. The molecule has 7 nitrogen and oxygen atoms in total.